The summed E-state index contributed by atoms with van der Waals surface area (Å²) >= 11 is 10.4. The Morgan fingerprint density at radius 2 is 2.24 bits per heavy atom. The molecule has 0 aliphatic rings. The number of aromatic carboxylic acids is 1. The number of benzene rings is 1. The van der Waals surface area contributed by atoms with Crippen molar-refractivity contribution in [1.29, 1.82) is 0 Å². The molecule has 3 nitrogen and oxygen atoms in total. The highest BCUT2D eigenvalue weighted by atomic mass is 79.9. The van der Waals surface area contributed by atoms with Gasteiger partial charge in [0.25, 0.3) is 0 Å². The highest BCUT2D eigenvalue weighted by Gasteiger charge is 2.15. The first-order valence-corrected chi connectivity index (χ1v) is 6.64. The van der Waals surface area contributed by atoms with Crippen LogP contribution in [-0.4, -0.2) is 16.1 Å². The Bertz CT molecular complexity index is 597. The van der Waals surface area contributed by atoms with E-state index in [-0.39, 0.29) is 4.88 Å². The van der Waals surface area contributed by atoms with E-state index in [1.165, 1.54) is 0 Å². The molecule has 88 valence electrons. The van der Waals surface area contributed by atoms with Crippen LogP contribution in [0.5, 0.6) is 0 Å². The van der Waals surface area contributed by atoms with Crippen molar-refractivity contribution in [3.05, 3.63) is 38.3 Å². The Hall–Kier alpha value is -0.910. The molecule has 0 spiro atoms. The molecular formula is C11H7BrClNO2S. The molecule has 0 unspecified atom stereocenters. The van der Waals surface area contributed by atoms with Crippen molar-refractivity contribution >= 4 is 44.8 Å². The fourth-order valence-corrected chi connectivity index (χ4v) is 2.68. The van der Waals surface area contributed by atoms with Gasteiger partial charge in [-0.05, 0) is 35.0 Å². The first-order chi connectivity index (χ1) is 7.99. The van der Waals surface area contributed by atoms with Crippen molar-refractivity contribution in [2.75, 3.05) is 0 Å². The molecular weight excluding hydrogens is 326 g/mol. The average molecular weight is 333 g/mol. The number of hydrogen-bond acceptors (Lipinski definition) is 3. The summed E-state index contributed by atoms with van der Waals surface area (Å²) in [5.41, 5.74) is 1.34. The summed E-state index contributed by atoms with van der Waals surface area (Å²) in [6.07, 6.45) is 0. The van der Waals surface area contributed by atoms with Crippen LogP contribution >= 0.6 is 38.9 Å². The summed E-state index contributed by atoms with van der Waals surface area (Å²) in [5.74, 6) is -0.950. The summed E-state index contributed by atoms with van der Waals surface area (Å²) in [4.78, 5) is 15.4. The minimum atomic E-state index is -0.950. The minimum absolute atomic E-state index is 0.263. The highest BCUT2D eigenvalue weighted by Crippen LogP contribution is 2.32. The lowest BCUT2D eigenvalue weighted by Crippen LogP contribution is -1.94. The van der Waals surface area contributed by atoms with Gasteiger partial charge in [0.05, 0.1) is 10.7 Å². The van der Waals surface area contributed by atoms with E-state index >= 15 is 0 Å². The molecule has 0 aliphatic heterocycles. The zero-order chi connectivity index (χ0) is 12.6. The SMILES string of the molecule is Cc1nc(-c2ccc(Br)c(Cl)c2)sc1C(=O)O. The van der Waals surface area contributed by atoms with Crippen LogP contribution in [0.3, 0.4) is 0 Å². The zero-order valence-corrected chi connectivity index (χ0v) is 11.9. The molecule has 6 heteroatoms. The van der Waals surface area contributed by atoms with E-state index in [9.17, 15) is 4.79 Å². The van der Waals surface area contributed by atoms with E-state index in [1.807, 2.05) is 12.1 Å². The second-order valence-corrected chi connectivity index (χ2v) is 5.63. The molecule has 0 fully saturated rings. The quantitative estimate of drug-likeness (QED) is 0.895. The first kappa shape index (κ1) is 12.5. The molecule has 0 radical (unpaired) electrons. The highest BCUT2D eigenvalue weighted by molar-refractivity contribution is 9.10. The topological polar surface area (TPSA) is 50.2 Å². The van der Waals surface area contributed by atoms with E-state index in [2.05, 4.69) is 20.9 Å². The van der Waals surface area contributed by atoms with Crippen molar-refractivity contribution in [2.24, 2.45) is 0 Å². The molecule has 0 saturated carbocycles. The third kappa shape index (κ3) is 2.51. The molecule has 0 amide bonds. The van der Waals surface area contributed by atoms with Gasteiger partial charge in [0.15, 0.2) is 0 Å². The maximum Gasteiger partial charge on any atom is 0.347 e. The zero-order valence-electron chi connectivity index (χ0n) is 8.70. The van der Waals surface area contributed by atoms with E-state index < -0.39 is 5.97 Å². The number of aryl methyl sites for hydroxylation is 1. The van der Waals surface area contributed by atoms with E-state index in [4.69, 9.17) is 16.7 Å². The van der Waals surface area contributed by atoms with Gasteiger partial charge in [0, 0.05) is 10.0 Å². The fraction of sp³-hybridized carbons (Fsp3) is 0.0909. The molecule has 2 aromatic rings. The van der Waals surface area contributed by atoms with Crippen LogP contribution in [0.25, 0.3) is 10.6 Å². The summed E-state index contributed by atoms with van der Waals surface area (Å²) < 4.78 is 0.801. The second kappa shape index (κ2) is 4.76. The number of carbonyl (C=O) groups is 1. The number of carboxylic acids is 1. The van der Waals surface area contributed by atoms with Crippen molar-refractivity contribution in [3.8, 4) is 10.6 Å². The van der Waals surface area contributed by atoms with Crippen molar-refractivity contribution in [2.45, 2.75) is 6.92 Å². The van der Waals surface area contributed by atoms with Crippen LogP contribution < -0.4 is 0 Å². The number of nitrogens with zero attached hydrogens (tertiary/aromatic N) is 1. The number of aromatic nitrogens is 1. The largest absolute Gasteiger partial charge is 0.477 e. The predicted molar refractivity (Wildman–Crippen MR) is 72.0 cm³/mol. The van der Waals surface area contributed by atoms with Crippen LogP contribution in [0.2, 0.25) is 5.02 Å². The molecule has 0 atom stereocenters. The van der Waals surface area contributed by atoms with E-state index in [0.29, 0.717) is 15.7 Å². The minimum Gasteiger partial charge on any atom is -0.477 e. The van der Waals surface area contributed by atoms with Gasteiger partial charge in [-0.25, -0.2) is 9.78 Å². The number of thiazole rings is 1. The third-order valence-corrected chi connectivity index (χ3v) is 4.58. The van der Waals surface area contributed by atoms with E-state index in [0.717, 1.165) is 21.4 Å². The van der Waals surface area contributed by atoms with Gasteiger partial charge in [-0.15, -0.1) is 11.3 Å². The molecule has 0 saturated heterocycles. The van der Waals surface area contributed by atoms with Crippen LogP contribution in [-0.2, 0) is 0 Å². The van der Waals surface area contributed by atoms with Crippen LogP contribution in [0.4, 0.5) is 0 Å². The first-order valence-electron chi connectivity index (χ1n) is 4.65. The fourth-order valence-electron chi connectivity index (χ4n) is 1.35. The summed E-state index contributed by atoms with van der Waals surface area (Å²) in [7, 11) is 0. The Morgan fingerprint density at radius 3 is 2.76 bits per heavy atom. The standard InChI is InChI=1S/C11H7BrClNO2S/c1-5-9(11(15)16)17-10(14-5)6-2-3-7(12)8(13)4-6/h2-4H,1H3,(H,15,16). The third-order valence-electron chi connectivity index (χ3n) is 2.16. The normalized spacial score (nSPS) is 10.5. The number of carboxylic acid groups (broad SMARTS) is 1. The maximum atomic E-state index is 10.9. The average Bonchev–Trinajstić information content (AvgIpc) is 2.64. The molecule has 1 aromatic carbocycles. The van der Waals surface area contributed by atoms with Crippen molar-refractivity contribution < 1.29 is 9.90 Å². The Labute approximate surface area is 115 Å². The van der Waals surface area contributed by atoms with E-state index in [1.54, 1.807) is 13.0 Å². The van der Waals surface area contributed by atoms with Crippen molar-refractivity contribution in [1.82, 2.24) is 4.98 Å². The lowest BCUT2D eigenvalue weighted by Gasteiger charge is -1.98. The van der Waals surface area contributed by atoms with Gasteiger partial charge in [-0.1, -0.05) is 17.7 Å². The van der Waals surface area contributed by atoms with Crippen molar-refractivity contribution in [3.63, 3.8) is 0 Å². The molecule has 2 rings (SSSR count). The Kier molecular flexibility index (Phi) is 3.51. The number of halogens is 2. The van der Waals surface area contributed by atoms with Gasteiger partial charge < -0.3 is 5.11 Å². The second-order valence-electron chi connectivity index (χ2n) is 3.37. The lowest BCUT2D eigenvalue weighted by atomic mass is 10.2. The Morgan fingerprint density at radius 1 is 1.53 bits per heavy atom. The van der Waals surface area contributed by atoms with Crippen LogP contribution in [0.15, 0.2) is 22.7 Å². The molecule has 0 bridgehead atoms. The number of rotatable bonds is 2. The smallest absolute Gasteiger partial charge is 0.347 e. The molecule has 0 aliphatic carbocycles. The van der Waals surface area contributed by atoms with Gasteiger partial charge in [-0.3, -0.25) is 0 Å². The molecule has 1 N–H and O–H groups in total. The summed E-state index contributed by atoms with van der Waals surface area (Å²) in [6, 6.07) is 5.42. The molecule has 1 heterocycles. The lowest BCUT2D eigenvalue weighted by molar-refractivity contribution is 0.0701. The van der Waals surface area contributed by atoms with Gasteiger partial charge in [0.1, 0.15) is 9.88 Å². The van der Waals surface area contributed by atoms with Gasteiger partial charge >= 0.3 is 5.97 Å². The van der Waals surface area contributed by atoms with Crippen LogP contribution in [0, 0.1) is 6.92 Å². The predicted octanol–water partition coefficient (Wildman–Crippen LogP) is 4.23. The van der Waals surface area contributed by atoms with Gasteiger partial charge in [-0.2, -0.15) is 0 Å². The summed E-state index contributed by atoms with van der Waals surface area (Å²) in [6.45, 7) is 1.68. The summed E-state index contributed by atoms with van der Waals surface area (Å²) in [5, 5.41) is 10.2. The molecule has 17 heavy (non-hydrogen) atoms. The maximum absolute atomic E-state index is 10.9. The molecule has 1 aromatic heterocycles. The van der Waals surface area contributed by atoms with Crippen LogP contribution in [0.1, 0.15) is 15.4 Å². The Balaban J connectivity index is 2.50. The monoisotopic (exact) mass is 331 g/mol. The number of hydrogen-bond donors (Lipinski definition) is 1. The van der Waals surface area contributed by atoms with Gasteiger partial charge in [0.2, 0.25) is 0 Å².